The van der Waals surface area contributed by atoms with E-state index in [0.29, 0.717) is 0 Å². The third kappa shape index (κ3) is 1.09. The monoisotopic (exact) mass is 149 g/mol. The van der Waals surface area contributed by atoms with E-state index >= 15 is 0 Å². The van der Waals surface area contributed by atoms with Gasteiger partial charge < -0.3 is 0 Å². The van der Waals surface area contributed by atoms with Crippen LogP contribution in [0.1, 0.15) is 6.42 Å². The molecule has 2 heteroatoms. The molecule has 0 N–H and O–H groups in total. The molecule has 0 aromatic heterocycles. The summed E-state index contributed by atoms with van der Waals surface area (Å²) in [7, 11) is 0. The molecule has 0 aliphatic heterocycles. The van der Waals surface area contributed by atoms with E-state index in [-0.39, 0.29) is 4.68 Å². The van der Waals surface area contributed by atoms with Gasteiger partial charge >= 0.3 is 55.7 Å². The van der Waals surface area contributed by atoms with Gasteiger partial charge in [0.1, 0.15) is 0 Å². The number of rotatable bonds is 1. The Morgan fingerprint density at radius 3 is 2.75 bits per heavy atom. The Balaban J connectivity index is 2.64. The van der Waals surface area contributed by atoms with E-state index in [1.807, 2.05) is 12.2 Å². The van der Waals surface area contributed by atoms with Crippen LogP contribution in [0.15, 0.2) is 23.8 Å². The second kappa shape index (κ2) is 2.29. The summed E-state index contributed by atoms with van der Waals surface area (Å²) in [5, 5.41) is 0. The van der Waals surface area contributed by atoms with E-state index in [9.17, 15) is 4.79 Å². The normalized spacial score (nSPS) is 16.4. The summed E-state index contributed by atoms with van der Waals surface area (Å²) < 4.78 is -0.0602. The van der Waals surface area contributed by atoms with Crippen LogP contribution < -0.4 is 0 Å². The van der Waals surface area contributed by atoms with Gasteiger partial charge in [-0.05, 0) is 0 Å². The number of carbonyl (C=O) groups excluding carboxylic acids is 1. The second-order valence-corrected chi connectivity index (χ2v) is 2.09. The number of allylic oxidation sites excluding steroid dienone is 4. The molecule has 43 valence electrons. The number of hydrogen-bond donors (Lipinski definition) is 0. The molecule has 0 fully saturated rings. The van der Waals surface area contributed by atoms with Crippen LogP contribution >= 0.6 is 0 Å². The van der Waals surface area contributed by atoms with Gasteiger partial charge in [-0.1, -0.05) is 0 Å². The minimum atomic E-state index is -0.0602. The molecule has 0 bridgehead atoms. The van der Waals surface area contributed by atoms with E-state index in [4.69, 9.17) is 0 Å². The summed E-state index contributed by atoms with van der Waals surface area (Å²) in [6, 6.07) is 0. The third-order valence-electron chi connectivity index (χ3n) is 1.02. The molecule has 0 radical (unpaired) electrons. The second-order valence-electron chi connectivity index (χ2n) is 1.59. The predicted molar refractivity (Wildman–Crippen MR) is 26.8 cm³/mol. The molecule has 0 saturated carbocycles. The molecular weight excluding hydrogens is 144 g/mol. The summed E-state index contributed by atoms with van der Waals surface area (Å²) in [5.41, 5.74) is 0.810. The number of carbonyl (C=O) groups is 1. The zero-order valence-electron chi connectivity index (χ0n) is 4.20. The van der Waals surface area contributed by atoms with Crippen molar-refractivity contribution in [2.45, 2.75) is 6.42 Å². The van der Waals surface area contributed by atoms with Gasteiger partial charge in [0.15, 0.2) is 0 Å². The average molecular weight is 149 g/mol. The molecule has 0 aromatic rings. The molecule has 0 atom stereocenters. The quantitative estimate of drug-likeness (QED) is 0.507. The van der Waals surface area contributed by atoms with Crippen molar-refractivity contribution in [2.24, 2.45) is 0 Å². The Labute approximate surface area is 56.3 Å². The topological polar surface area (TPSA) is 17.1 Å². The van der Waals surface area contributed by atoms with Gasteiger partial charge in [0, 0.05) is 0 Å². The van der Waals surface area contributed by atoms with Gasteiger partial charge in [0.2, 0.25) is 0 Å². The van der Waals surface area contributed by atoms with E-state index in [1.54, 1.807) is 6.08 Å². The Kier molecular flexibility index (Phi) is 1.66. The van der Waals surface area contributed by atoms with E-state index in [0.717, 1.165) is 12.0 Å². The van der Waals surface area contributed by atoms with Crippen molar-refractivity contribution >= 4 is 4.68 Å². The fraction of sp³-hybridized carbons (Fsp3) is 0.167. The fourth-order valence-electron chi connectivity index (χ4n) is 0.588. The molecule has 0 amide bonds. The first-order valence-electron chi connectivity index (χ1n) is 2.35. The Bertz CT molecular complexity index is 167. The molecule has 0 unspecified atom stereocenters. The maximum absolute atomic E-state index is 10.4. The van der Waals surface area contributed by atoms with E-state index < -0.39 is 0 Å². The molecule has 1 nitrogen and oxygen atoms in total. The van der Waals surface area contributed by atoms with Crippen LogP contribution in [0, 0.1) is 0 Å². The summed E-state index contributed by atoms with van der Waals surface area (Å²) in [4.78, 5) is 10.4. The predicted octanol–water partition coefficient (Wildman–Crippen LogP) is 0.946. The van der Waals surface area contributed by atoms with Crippen LogP contribution in [0.4, 0.5) is 0 Å². The summed E-state index contributed by atoms with van der Waals surface area (Å²) in [6.07, 6.45) is 6.38. The zero-order valence-corrected chi connectivity index (χ0v) is 5.31. The fourth-order valence-corrected chi connectivity index (χ4v) is 0.793. The molecule has 0 spiro atoms. The molecule has 1 rings (SSSR count). The van der Waals surface area contributed by atoms with Gasteiger partial charge in [0.25, 0.3) is 0 Å². The van der Waals surface area contributed by atoms with Crippen molar-refractivity contribution in [3.8, 4) is 0 Å². The Morgan fingerprint density at radius 2 is 2.50 bits per heavy atom. The summed E-state index contributed by atoms with van der Waals surface area (Å²) >= 11 is 3.27. The summed E-state index contributed by atoms with van der Waals surface area (Å²) in [6.45, 7) is 0. The van der Waals surface area contributed by atoms with Crippen LogP contribution in [0.3, 0.4) is 0 Å². The molecule has 8 heavy (non-hydrogen) atoms. The molecule has 0 heterocycles. The van der Waals surface area contributed by atoms with Gasteiger partial charge in [-0.15, -0.1) is 0 Å². The maximum atomic E-state index is 10.4. The first-order chi connectivity index (χ1) is 3.80. The Morgan fingerprint density at radius 1 is 1.75 bits per heavy atom. The van der Waals surface area contributed by atoms with Crippen LogP contribution in [0.25, 0.3) is 0 Å². The summed E-state index contributed by atoms with van der Waals surface area (Å²) in [5.74, 6) is 0. The van der Waals surface area contributed by atoms with E-state index in [1.165, 1.54) is 0 Å². The van der Waals surface area contributed by atoms with Gasteiger partial charge in [-0.25, -0.2) is 0 Å². The van der Waals surface area contributed by atoms with Crippen molar-refractivity contribution in [2.75, 3.05) is 0 Å². The Hall–Kier alpha value is -0.331. The van der Waals surface area contributed by atoms with Crippen LogP contribution in [0.5, 0.6) is 0 Å². The van der Waals surface area contributed by atoms with Gasteiger partial charge in [-0.2, -0.15) is 0 Å². The van der Waals surface area contributed by atoms with Crippen molar-refractivity contribution < 1.29 is 20.8 Å². The van der Waals surface area contributed by atoms with Crippen molar-refractivity contribution in [3.63, 3.8) is 0 Å². The SMILES string of the molecule is O=[C]([Fe])C1=CC=CC1. The average Bonchev–Trinajstić information content (AvgIpc) is 2.12. The van der Waals surface area contributed by atoms with Crippen molar-refractivity contribution in [1.82, 2.24) is 0 Å². The number of hydrogen-bond acceptors (Lipinski definition) is 1. The van der Waals surface area contributed by atoms with Crippen LogP contribution in [-0.2, 0) is 20.8 Å². The molecule has 0 aromatic carbocycles. The first kappa shape index (κ1) is 5.80. The first-order valence-corrected chi connectivity index (χ1v) is 2.90. The van der Waals surface area contributed by atoms with E-state index in [2.05, 4.69) is 16.0 Å². The van der Waals surface area contributed by atoms with Crippen LogP contribution in [0.2, 0.25) is 0 Å². The van der Waals surface area contributed by atoms with Crippen LogP contribution in [-0.4, -0.2) is 4.68 Å². The molecule has 1 aliphatic rings. The van der Waals surface area contributed by atoms with Crippen molar-refractivity contribution in [3.05, 3.63) is 23.8 Å². The molecule has 1 aliphatic carbocycles. The third-order valence-corrected chi connectivity index (χ3v) is 1.37. The molecular formula is C6H5FeO. The minimum absolute atomic E-state index is 0.0602. The molecule has 0 saturated heterocycles. The van der Waals surface area contributed by atoms with Gasteiger partial charge in [0.05, 0.1) is 0 Å². The van der Waals surface area contributed by atoms with Crippen molar-refractivity contribution in [1.29, 1.82) is 0 Å². The standard InChI is InChI=1S/C6H5O.Fe/c7-5-6-3-1-2-4-6;/h1-3H,4H2;. The van der Waals surface area contributed by atoms with Gasteiger partial charge in [-0.3, -0.25) is 0 Å². The zero-order chi connectivity index (χ0) is 5.98.